The van der Waals surface area contributed by atoms with E-state index in [-0.39, 0.29) is 12.2 Å². The third-order valence-corrected chi connectivity index (χ3v) is 1.52. The Hall–Kier alpha value is -0.650. The quantitative estimate of drug-likeness (QED) is 0.564. The van der Waals surface area contributed by atoms with Crippen LogP contribution in [-0.4, -0.2) is 46.7 Å². The molecule has 0 aromatic carbocycles. The van der Waals surface area contributed by atoms with Crippen LogP contribution in [-0.2, 0) is 19.0 Å². The molecule has 5 heteroatoms. The lowest BCUT2D eigenvalue weighted by atomic mass is 10.4. The van der Waals surface area contributed by atoms with E-state index in [2.05, 4.69) is 5.32 Å². The van der Waals surface area contributed by atoms with Crippen LogP contribution in [0.15, 0.2) is 0 Å². The largest absolute Gasteiger partial charge is 0.384 e. The highest BCUT2D eigenvalue weighted by Crippen LogP contribution is 1.88. The van der Waals surface area contributed by atoms with Gasteiger partial charge in [0.1, 0.15) is 0 Å². The molecule has 0 aromatic heterocycles. The number of rotatable bonds is 7. The predicted octanol–water partition coefficient (Wildman–Crippen LogP) is -0.242. The van der Waals surface area contributed by atoms with E-state index in [1.807, 2.05) is 0 Å². The Morgan fingerprint density at radius 2 is 1.92 bits per heavy atom. The van der Waals surface area contributed by atoms with Crippen molar-refractivity contribution in [1.82, 2.24) is 5.32 Å². The second-order valence-electron chi connectivity index (χ2n) is 2.45. The maximum Gasteiger partial charge on any atom is 0.222 e. The topological polar surface area (TPSA) is 56.8 Å². The third kappa shape index (κ3) is 6.51. The first-order valence-corrected chi connectivity index (χ1v) is 4.05. The van der Waals surface area contributed by atoms with Gasteiger partial charge in [0.25, 0.3) is 0 Å². The van der Waals surface area contributed by atoms with E-state index in [4.69, 9.17) is 14.2 Å². The van der Waals surface area contributed by atoms with Crippen LogP contribution < -0.4 is 5.32 Å². The van der Waals surface area contributed by atoms with Crippen molar-refractivity contribution in [3.8, 4) is 0 Å². The fourth-order valence-corrected chi connectivity index (χ4v) is 0.743. The van der Waals surface area contributed by atoms with Crippen LogP contribution >= 0.6 is 0 Å². The van der Waals surface area contributed by atoms with Crippen molar-refractivity contribution < 1.29 is 19.0 Å². The Labute approximate surface area is 78.3 Å². The number of methoxy groups -OCH3 is 3. The summed E-state index contributed by atoms with van der Waals surface area (Å²) >= 11 is 0. The molecule has 13 heavy (non-hydrogen) atoms. The molecule has 1 N–H and O–H groups in total. The van der Waals surface area contributed by atoms with Gasteiger partial charge in [0.05, 0.1) is 13.2 Å². The first kappa shape index (κ1) is 12.3. The summed E-state index contributed by atoms with van der Waals surface area (Å²) in [6.07, 6.45) is -0.0251. The van der Waals surface area contributed by atoms with Gasteiger partial charge < -0.3 is 19.5 Å². The van der Waals surface area contributed by atoms with E-state index in [0.29, 0.717) is 19.6 Å². The molecule has 0 aliphatic rings. The molecule has 0 aliphatic carbocycles. The van der Waals surface area contributed by atoms with Crippen LogP contribution in [0.3, 0.4) is 0 Å². The maximum atomic E-state index is 11.0. The lowest BCUT2D eigenvalue weighted by molar-refractivity contribution is -0.128. The maximum absolute atomic E-state index is 11.0. The van der Waals surface area contributed by atoms with Gasteiger partial charge in [-0.15, -0.1) is 0 Å². The Morgan fingerprint density at radius 3 is 2.38 bits per heavy atom. The van der Waals surface area contributed by atoms with Crippen LogP contribution in [0, 0.1) is 0 Å². The third-order valence-electron chi connectivity index (χ3n) is 1.52. The highest BCUT2D eigenvalue weighted by molar-refractivity contribution is 5.75. The van der Waals surface area contributed by atoms with Crippen molar-refractivity contribution in [3.63, 3.8) is 0 Å². The molecule has 5 nitrogen and oxygen atoms in total. The number of nitrogens with one attached hydrogen (secondary N) is 1. The van der Waals surface area contributed by atoms with Gasteiger partial charge in [-0.3, -0.25) is 4.79 Å². The summed E-state index contributed by atoms with van der Waals surface area (Å²) in [6, 6.07) is 0. The van der Waals surface area contributed by atoms with Gasteiger partial charge in [0.15, 0.2) is 6.29 Å². The van der Waals surface area contributed by atoms with Gasteiger partial charge in [0.2, 0.25) is 5.91 Å². The molecule has 0 unspecified atom stereocenters. The van der Waals surface area contributed by atoms with Gasteiger partial charge in [-0.1, -0.05) is 0 Å². The summed E-state index contributed by atoms with van der Waals surface area (Å²) in [5, 5.41) is 2.65. The van der Waals surface area contributed by atoms with Crippen molar-refractivity contribution in [1.29, 1.82) is 0 Å². The molecule has 0 bridgehead atoms. The summed E-state index contributed by atoms with van der Waals surface area (Å²) in [4.78, 5) is 11.0. The minimum absolute atomic E-state index is 0.0686. The molecule has 0 radical (unpaired) electrons. The van der Waals surface area contributed by atoms with Crippen LogP contribution in [0.25, 0.3) is 0 Å². The molecule has 0 saturated heterocycles. The van der Waals surface area contributed by atoms with Crippen molar-refractivity contribution in [3.05, 3.63) is 0 Å². The number of hydrogen-bond donors (Lipinski definition) is 1. The first-order chi connectivity index (χ1) is 6.24. The molecule has 0 fully saturated rings. The molecule has 0 saturated carbocycles. The molecule has 0 spiro atoms. The Kier molecular flexibility index (Phi) is 7.57. The van der Waals surface area contributed by atoms with Gasteiger partial charge in [0, 0.05) is 27.8 Å². The van der Waals surface area contributed by atoms with E-state index in [0.717, 1.165) is 0 Å². The summed E-state index contributed by atoms with van der Waals surface area (Å²) in [6.45, 7) is 0.784. The lowest BCUT2D eigenvalue weighted by Crippen LogP contribution is -2.34. The minimum Gasteiger partial charge on any atom is -0.384 e. The Morgan fingerprint density at radius 1 is 1.31 bits per heavy atom. The zero-order chi connectivity index (χ0) is 10.1. The zero-order valence-corrected chi connectivity index (χ0v) is 8.33. The average Bonchev–Trinajstić information content (AvgIpc) is 2.16. The normalized spacial score (nSPS) is 10.5. The first-order valence-electron chi connectivity index (χ1n) is 4.05. The monoisotopic (exact) mass is 191 g/mol. The van der Waals surface area contributed by atoms with E-state index >= 15 is 0 Å². The van der Waals surface area contributed by atoms with Gasteiger partial charge >= 0.3 is 0 Å². The highest BCUT2D eigenvalue weighted by atomic mass is 16.7. The van der Waals surface area contributed by atoms with Crippen LogP contribution in [0.2, 0.25) is 0 Å². The van der Waals surface area contributed by atoms with Crippen LogP contribution in [0.1, 0.15) is 6.42 Å². The van der Waals surface area contributed by atoms with Gasteiger partial charge in [-0.2, -0.15) is 0 Å². The highest BCUT2D eigenvalue weighted by Gasteiger charge is 2.06. The molecule has 78 valence electrons. The van der Waals surface area contributed by atoms with Crippen molar-refractivity contribution in [2.75, 3.05) is 34.5 Å². The second-order valence-corrected chi connectivity index (χ2v) is 2.45. The fourth-order valence-electron chi connectivity index (χ4n) is 0.743. The summed E-state index contributed by atoms with van der Waals surface area (Å²) < 4.78 is 14.5. The molecule has 0 rings (SSSR count). The Bertz CT molecular complexity index is 136. The molecule has 0 aromatic rings. The van der Waals surface area contributed by atoms with Crippen molar-refractivity contribution >= 4 is 5.91 Å². The smallest absolute Gasteiger partial charge is 0.222 e. The SMILES string of the molecule is COCCC(=O)NCC(OC)OC. The number of carbonyl (C=O) groups is 1. The van der Waals surface area contributed by atoms with Crippen molar-refractivity contribution in [2.24, 2.45) is 0 Å². The van der Waals surface area contributed by atoms with Crippen LogP contribution in [0.4, 0.5) is 0 Å². The standard InChI is InChI=1S/C8H17NO4/c1-11-5-4-7(10)9-6-8(12-2)13-3/h8H,4-6H2,1-3H3,(H,9,10). The second kappa shape index (κ2) is 7.97. The summed E-state index contributed by atoms with van der Waals surface area (Å²) in [5.41, 5.74) is 0. The number of hydrogen-bond acceptors (Lipinski definition) is 4. The molecular weight excluding hydrogens is 174 g/mol. The Balaban J connectivity index is 3.44. The zero-order valence-electron chi connectivity index (χ0n) is 8.33. The molecule has 1 amide bonds. The average molecular weight is 191 g/mol. The van der Waals surface area contributed by atoms with E-state index in [1.54, 1.807) is 7.11 Å². The lowest BCUT2D eigenvalue weighted by Gasteiger charge is -2.13. The van der Waals surface area contributed by atoms with E-state index in [1.165, 1.54) is 14.2 Å². The minimum atomic E-state index is -0.383. The van der Waals surface area contributed by atoms with Crippen molar-refractivity contribution in [2.45, 2.75) is 12.7 Å². The number of amides is 1. The van der Waals surface area contributed by atoms with Gasteiger partial charge in [-0.25, -0.2) is 0 Å². The molecule has 0 heterocycles. The summed E-state index contributed by atoms with van der Waals surface area (Å²) in [5.74, 6) is -0.0686. The van der Waals surface area contributed by atoms with E-state index < -0.39 is 0 Å². The van der Waals surface area contributed by atoms with Crippen LogP contribution in [0.5, 0.6) is 0 Å². The number of carbonyl (C=O) groups excluding carboxylic acids is 1. The predicted molar refractivity (Wildman–Crippen MR) is 47.3 cm³/mol. The van der Waals surface area contributed by atoms with Gasteiger partial charge in [-0.05, 0) is 0 Å². The fraction of sp³-hybridized carbons (Fsp3) is 0.875. The summed E-state index contributed by atoms with van der Waals surface area (Å²) in [7, 11) is 4.60. The van der Waals surface area contributed by atoms with E-state index in [9.17, 15) is 4.79 Å². The molecular formula is C8H17NO4. The molecule has 0 atom stereocenters. The molecule has 0 aliphatic heterocycles. The number of ether oxygens (including phenoxy) is 3.